The number of carbonyl (C=O) groups excluding carboxylic acids is 1. The van der Waals surface area contributed by atoms with Gasteiger partial charge in [-0.15, -0.1) is 0 Å². The summed E-state index contributed by atoms with van der Waals surface area (Å²) in [5, 5.41) is 0. The molecule has 6 heteroatoms. The molecular formula is C15H27BO5. The van der Waals surface area contributed by atoms with E-state index in [2.05, 4.69) is 0 Å². The summed E-state index contributed by atoms with van der Waals surface area (Å²) in [5.74, 6) is 1.69. The molecule has 1 fully saturated rings. The lowest BCUT2D eigenvalue weighted by Gasteiger charge is -2.32. The van der Waals surface area contributed by atoms with Crippen LogP contribution in [0.4, 0.5) is 0 Å². The van der Waals surface area contributed by atoms with Gasteiger partial charge in [0.05, 0.1) is 24.4 Å². The monoisotopic (exact) mass is 298 g/mol. The van der Waals surface area contributed by atoms with Crippen molar-refractivity contribution in [3.8, 4) is 0 Å². The first-order valence-electron chi connectivity index (χ1n) is 7.54. The van der Waals surface area contributed by atoms with Crippen LogP contribution in [0, 0.1) is 0 Å². The fourth-order valence-corrected chi connectivity index (χ4v) is 1.84. The number of ether oxygens (including phenoxy) is 2. The van der Waals surface area contributed by atoms with Crippen LogP contribution >= 0.6 is 0 Å². The molecule has 1 saturated heterocycles. The lowest BCUT2D eigenvalue weighted by Crippen LogP contribution is -2.41. The van der Waals surface area contributed by atoms with Gasteiger partial charge in [-0.2, -0.15) is 0 Å². The molecule has 0 amide bonds. The van der Waals surface area contributed by atoms with Crippen molar-refractivity contribution in [1.82, 2.24) is 0 Å². The molecule has 0 aromatic rings. The van der Waals surface area contributed by atoms with Crippen molar-refractivity contribution in [3.05, 3.63) is 12.1 Å². The van der Waals surface area contributed by atoms with Crippen LogP contribution in [0.1, 0.15) is 47.5 Å². The zero-order valence-electron chi connectivity index (χ0n) is 13.8. The van der Waals surface area contributed by atoms with Gasteiger partial charge in [0, 0.05) is 13.0 Å². The van der Waals surface area contributed by atoms with E-state index in [9.17, 15) is 4.79 Å². The highest BCUT2D eigenvalue weighted by atomic mass is 16.7. The molecule has 0 spiro atoms. The summed E-state index contributed by atoms with van der Waals surface area (Å²) in [6.45, 7) is 11.3. The van der Waals surface area contributed by atoms with E-state index < -0.39 is 0 Å². The van der Waals surface area contributed by atoms with E-state index in [1.54, 1.807) is 6.92 Å². The Morgan fingerprint density at radius 2 is 1.81 bits per heavy atom. The Hall–Kier alpha value is -0.845. The highest BCUT2D eigenvalue weighted by molar-refractivity contribution is 6.51. The lowest BCUT2D eigenvalue weighted by atomic mass is 9.90. The molecule has 1 aliphatic rings. The van der Waals surface area contributed by atoms with Crippen molar-refractivity contribution in [2.24, 2.45) is 0 Å². The minimum absolute atomic E-state index is 0.172. The van der Waals surface area contributed by atoms with Crippen molar-refractivity contribution < 1.29 is 23.6 Å². The Morgan fingerprint density at radius 1 is 1.19 bits per heavy atom. The molecule has 0 aromatic carbocycles. The molecule has 0 aliphatic carbocycles. The average Bonchev–Trinajstić information content (AvgIpc) is 2.57. The zero-order chi connectivity index (χ0) is 15.9. The van der Waals surface area contributed by atoms with Gasteiger partial charge in [0.25, 0.3) is 0 Å². The van der Waals surface area contributed by atoms with E-state index in [4.69, 9.17) is 18.8 Å². The van der Waals surface area contributed by atoms with Crippen LogP contribution in [0.5, 0.6) is 0 Å². The summed E-state index contributed by atoms with van der Waals surface area (Å²) >= 11 is 0. The smallest absolute Gasteiger partial charge is 0.466 e. The van der Waals surface area contributed by atoms with Gasteiger partial charge in [-0.3, -0.25) is 4.79 Å². The minimum Gasteiger partial charge on any atom is -0.466 e. The molecule has 1 rings (SSSR count). The molecule has 120 valence electrons. The van der Waals surface area contributed by atoms with Gasteiger partial charge in [-0.1, -0.05) is 12.1 Å². The second-order valence-corrected chi connectivity index (χ2v) is 6.04. The largest absolute Gasteiger partial charge is 0.486 e. The number of hydrogen-bond donors (Lipinski definition) is 0. The highest BCUT2D eigenvalue weighted by Gasteiger charge is 2.49. The van der Waals surface area contributed by atoms with Crippen LogP contribution in [0.25, 0.3) is 0 Å². The Labute approximate surface area is 128 Å². The lowest BCUT2D eigenvalue weighted by molar-refractivity contribution is -0.143. The average molecular weight is 298 g/mol. The van der Waals surface area contributed by atoms with Crippen LogP contribution in [-0.4, -0.2) is 44.1 Å². The normalized spacial score (nSPS) is 20.1. The van der Waals surface area contributed by atoms with Crippen molar-refractivity contribution in [2.45, 2.75) is 58.7 Å². The molecule has 0 saturated carbocycles. The van der Waals surface area contributed by atoms with Crippen LogP contribution in [0.3, 0.4) is 0 Å². The van der Waals surface area contributed by atoms with Crippen LogP contribution in [0.2, 0.25) is 0 Å². The Kier molecular flexibility index (Phi) is 6.90. The van der Waals surface area contributed by atoms with Gasteiger partial charge in [0.15, 0.2) is 0 Å². The molecule has 0 radical (unpaired) electrons. The number of carbonyl (C=O) groups is 1. The Balaban J connectivity index is 2.13. The van der Waals surface area contributed by atoms with Crippen molar-refractivity contribution >= 4 is 13.1 Å². The molecule has 5 nitrogen and oxygen atoms in total. The van der Waals surface area contributed by atoms with Crippen molar-refractivity contribution in [1.29, 1.82) is 0 Å². The maximum atomic E-state index is 11.1. The predicted octanol–water partition coefficient (Wildman–Crippen LogP) is 2.53. The zero-order valence-corrected chi connectivity index (χ0v) is 13.8. The van der Waals surface area contributed by atoms with Gasteiger partial charge in [-0.05, 0) is 41.0 Å². The number of hydrogen-bond acceptors (Lipinski definition) is 5. The van der Waals surface area contributed by atoms with Crippen LogP contribution < -0.4 is 0 Å². The van der Waals surface area contributed by atoms with E-state index in [1.165, 1.54) is 0 Å². The van der Waals surface area contributed by atoms with Gasteiger partial charge < -0.3 is 18.8 Å². The summed E-state index contributed by atoms with van der Waals surface area (Å²) < 4.78 is 21.9. The maximum Gasteiger partial charge on any atom is 0.486 e. The standard InChI is InChI=1S/C15H27BO5/c1-6-19-13(17)9-7-11-18-12-8-10-16-20-14(2,3)15(4,5)21-16/h8,10H,6-7,9,11-12H2,1-5H3/b10-8+. The van der Waals surface area contributed by atoms with Crippen molar-refractivity contribution in [3.63, 3.8) is 0 Å². The first kappa shape index (κ1) is 18.2. The molecule has 0 aromatic heterocycles. The predicted molar refractivity (Wildman–Crippen MR) is 81.9 cm³/mol. The van der Waals surface area contributed by atoms with E-state index in [1.807, 2.05) is 39.7 Å². The molecule has 1 aliphatic heterocycles. The highest BCUT2D eigenvalue weighted by Crippen LogP contribution is 2.36. The van der Waals surface area contributed by atoms with E-state index in [-0.39, 0.29) is 24.3 Å². The summed E-state index contributed by atoms with van der Waals surface area (Å²) in [6.07, 6.45) is 2.95. The summed E-state index contributed by atoms with van der Waals surface area (Å²) in [6, 6.07) is 0. The Bertz CT molecular complexity index is 349. The van der Waals surface area contributed by atoms with Gasteiger partial charge in [-0.25, -0.2) is 0 Å². The number of esters is 1. The fourth-order valence-electron chi connectivity index (χ4n) is 1.84. The summed E-state index contributed by atoms with van der Waals surface area (Å²) in [7, 11) is -0.335. The minimum atomic E-state index is -0.335. The quantitative estimate of drug-likeness (QED) is 0.391. The molecule has 21 heavy (non-hydrogen) atoms. The molecule has 0 unspecified atom stereocenters. The number of rotatable bonds is 8. The molecule has 1 heterocycles. The molecule has 0 bridgehead atoms. The first-order valence-corrected chi connectivity index (χ1v) is 7.54. The SMILES string of the molecule is CCOC(=O)CCCOC/C=C/B1OC(C)(C)C(C)(C)O1. The fraction of sp³-hybridized carbons (Fsp3) is 0.800. The second kappa shape index (κ2) is 7.96. The van der Waals surface area contributed by atoms with Gasteiger partial charge >= 0.3 is 13.1 Å². The summed E-state index contributed by atoms with van der Waals surface area (Å²) in [4.78, 5) is 11.1. The maximum absolute atomic E-state index is 11.1. The third-order valence-corrected chi connectivity index (χ3v) is 3.75. The van der Waals surface area contributed by atoms with Gasteiger partial charge in [0.2, 0.25) is 0 Å². The Morgan fingerprint density at radius 3 is 2.38 bits per heavy atom. The van der Waals surface area contributed by atoms with Crippen LogP contribution in [-0.2, 0) is 23.6 Å². The van der Waals surface area contributed by atoms with Crippen molar-refractivity contribution in [2.75, 3.05) is 19.8 Å². The second-order valence-electron chi connectivity index (χ2n) is 6.04. The van der Waals surface area contributed by atoms with E-state index in [0.717, 1.165) is 0 Å². The molecule has 0 N–H and O–H groups in total. The third kappa shape index (κ3) is 5.81. The van der Waals surface area contributed by atoms with E-state index in [0.29, 0.717) is 32.7 Å². The molecular weight excluding hydrogens is 271 g/mol. The third-order valence-electron chi connectivity index (χ3n) is 3.75. The van der Waals surface area contributed by atoms with E-state index >= 15 is 0 Å². The summed E-state index contributed by atoms with van der Waals surface area (Å²) in [5.41, 5.74) is -0.634. The van der Waals surface area contributed by atoms with Crippen LogP contribution in [0.15, 0.2) is 12.1 Å². The first-order chi connectivity index (χ1) is 9.78. The van der Waals surface area contributed by atoms with Gasteiger partial charge in [0.1, 0.15) is 0 Å². The molecule has 0 atom stereocenters. The topological polar surface area (TPSA) is 54.0 Å².